The van der Waals surface area contributed by atoms with E-state index in [0.717, 1.165) is 32.8 Å². The molecule has 5 nitrogen and oxygen atoms in total. The molecule has 0 N–H and O–H groups in total. The van der Waals surface area contributed by atoms with Crippen LogP contribution in [-0.4, -0.2) is 54.3 Å². The first-order valence-corrected chi connectivity index (χ1v) is 5.63. The Bertz CT molecular complexity index is 314. The van der Waals surface area contributed by atoms with Gasteiger partial charge >= 0.3 is 0 Å². The lowest BCUT2D eigenvalue weighted by atomic mass is 10.4. The number of halogens is 1. The molecule has 0 spiro atoms. The summed E-state index contributed by atoms with van der Waals surface area (Å²) < 4.78 is 10.8. The van der Waals surface area contributed by atoms with Crippen LogP contribution in [0.3, 0.4) is 0 Å². The summed E-state index contributed by atoms with van der Waals surface area (Å²) in [5.74, 6) is 0.651. The highest BCUT2D eigenvalue weighted by molar-refractivity contribution is 6.28. The maximum Gasteiger partial charge on any atom is 0.222 e. The van der Waals surface area contributed by atoms with Gasteiger partial charge in [0.1, 0.15) is 6.61 Å². The number of rotatable bonds is 4. The first-order chi connectivity index (χ1) is 7.84. The highest BCUT2D eigenvalue weighted by atomic mass is 35.5. The van der Waals surface area contributed by atoms with Crippen molar-refractivity contribution in [3.63, 3.8) is 0 Å². The van der Waals surface area contributed by atoms with Gasteiger partial charge < -0.3 is 9.47 Å². The summed E-state index contributed by atoms with van der Waals surface area (Å²) in [4.78, 5) is 9.99. The second-order valence-electron chi connectivity index (χ2n) is 3.49. The van der Waals surface area contributed by atoms with Crippen LogP contribution in [0.25, 0.3) is 0 Å². The Labute approximate surface area is 99.3 Å². The number of nitrogens with zero attached hydrogens (tertiary/aromatic N) is 3. The van der Waals surface area contributed by atoms with E-state index in [4.69, 9.17) is 21.1 Å². The number of hydrogen-bond donors (Lipinski definition) is 0. The fraction of sp³-hybridized carbons (Fsp3) is 0.600. The van der Waals surface area contributed by atoms with E-state index in [-0.39, 0.29) is 5.28 Å². The van der Waals surface area contributed by atoms with Crippen LogP contribution in [0, 0.1) is 0 Å². The molecule has 0 aromatic carbocycles. The Kier molecular flexibility index (Phi) is 4.33. The highest BCUT2D eigenvalue weighted by Gasteiger charge is 2.09. The summed E-state index contributed by atoms with van der Waals surface area (Å²) in [6.45, 7) is 5.09. The first kappa shape index (κ1) is 11.6. The van der Waals surface area contributed by atoms with Gasteiger partial charge in [0.15, 0.2) is 5.75 Å². The quantitative estimate of drug-likeness (QED) is 0.734. The van der Waals surface area contributed by atoms with Gasteiger partial charge in [-0.05, 0) is 11.6 Å². The third-order valence-corrected chi connectivity index (χ3v) is 2.57. The van der Waals surface area contributed by atoms with Crippen molar-refractivity contribution in [2.75, 3.05) is 39.5 Å². The van der Waals surface area contributed by atoms with E-state index in [2.05, 4.69) is 14.9 Å². The van der Waals surface area contributed by atoms with Crippen LogP contribution in [0.15, 0.2) is 12.4 Å². The van der Waals surface area contributed by atoms with Crippen LogP contribution in [-0.2, 0) is 4.74 Å². The van der Waals surface area contributed by atoms with Crippen LogP contribution in [0.1, 0.15) is 0 Å². The van der Waals surface area contributed by atoms with Crippen LogP contribution in [0.5, 0.6) is 5.75 Å². The minimum atomic E-state index is 0.237. The maximum atomic E-state index is 5.57. The van der Waals surface area contributed by atoms with Crippen LogP contribution in [0.2, 0.25) is 5.28 Å². The molecule has 0 saturated carbocycles. The molecule has 1 fully saturated rings. The van der Waals surface area contributed by atoms with Gasteiger partial charge in [-0.25, -0.2) is 9.97 Å². The van der Waals surface area contributed by atoms with Crippen molar-refractivity contribution in [2.45, 2.75) is 0 Å². The molecule has 2 rings (SSSR count). The van der Waals surface area contributed by atoms with Crippen molar-refractivity contribution in [1.29, 1.82) is 0 Å². The highest BCUT2D eigenvalue weighted by Crippen LogP contribution is 2.08. The molecular weight excluding hydrogens is 230 g/mol. The molecule has 2 heterocycles. The molecule has 0 radical (unpaired) electrons. The first-order valence-electron chi connectivity index (χ1n) is 5.25. The number of morpholine rings is 1. The molecule has 0 aliphatic carbocycles. The molecule has 88 valence electrons. The normalized spacial score (nSPS) is 17.3. The lowest BCUT2D eigenvalue weighted by molar-refractivity contribution is 0.0322. The summed E-state index contributed by atoms with van der Waals surface area (Å²) in [7, 11) is 0. The molecule has 1 aromatic rings. The minimum absolute atomic E-state index is 0.237. The van der Waals surface area contributed by atoms with Crippen LogP contribution >= 0.6 is 11.6 Å². The zero-order chi connectivity index (χ0) is 11.2. The average Bonchev–Trinajstić information content (AvgIpc) is 2.33. The van der Waals surface area contributed by atoms with Gasteiger partial charge in [-0.3, -0.25) is 4.90 Å². The molecule has 0 atom stereocenters. The molecule has 0 bridgehead atoms. The van der Waals surface area contributed by atoms with E-state index in [9.17, 15) is 0 Å². The van der Waals surface area contributed by atoms with E-state index < -0.39 is 0 Å². The Morgan fingerprint density at radius 1 is 1.31 bits per heavy atom. The molecule has 1 saturated heterocycles. The van der Waals surface area contributed by atoms with E-state index in [0.29, 0.717) is 12.4 Å². The minimum Gasteiger partial charge on any atom is -0.489 e. The summed E-state index contributed by atoms with van der Waals surface area (Å²) >= 11 is 5.57. The van der Waals surface area contributed by atoms with Crippen molar-refractivity contribution in [3.8, 4) is 5.75 Å². The largest absolute Gasteiger partial charge is 0.489 e. The van der Waals surface area contributed by atoms with Gasteiger partial charge in [-0.1, -0.05) is 0 Å². The third-order valence-electron chi connectivity index (χ3n) is 2.38. The SMILES string of the molecule is Clc1ncc(OCCN2CCOCC2)cn1. The smallest absolute Gasteiger partial charge is 0.222 e. The van der Waals surface area contributed by atoms with Crippen molar-refractivity contribution in [3.05, 3.63) is 17.7 Å². The van der Waals surface area contributed by atoms with Gasteiger partial charge in [-0.2, -0.15) is 0 Å². The van der Waals surface area contributed by atoms with Crippen molar-refractivity contribution < 1.29 is 9.47 Å². The topological polar surface area (TPSA) is 47.5 Å². The number of aromatic nitrogens is 2. The Hall–Kier alpha value is -0.910. The molecule has 6 heteroatoms. The third kappa shape index (κ3) is 3.59. The van der Waals surface area contributed by atoms with Gasteiger partial charge in [0, 0.05) is 19.6 Å². The summed E-state index contributed by atoms with van der Waals surface area (Å²) in [5.41, 5.74) is 0. The molecule has 1 aliphatic rings. The van der Waals surface area contributed by atoms with Crippen LogP contribution in [0.4, 0.5) is 0 Å². The standard InChI is InChI=1S/C10H14ClN3O2/c11-10-12-7-9(8-13-10)16-6-3-14-1-4-15-5-2-14/h7-8H,1-6H2. The van der Waals surface area contributed by atoms with Gasteiger partial charge in [0.25, 0.3) is 0 Å². The Morgan fingerprint density at radius 2 is 2.00 bits per heavy atom. The zero-order valence-corrected chi connectivity index (χ0v) is 9.69. The van der Waals surface area contributed by atoms with E-state index >= 15 is 0 Å². The maximum absolute atomic E-state index is 5.57. The molecule has 1 aliphatic heterocycles. The molecule has 0 unspecified atom stereocenters. The predicted molar refractivity (Wildman–Crippen MR) is 59.8 cm³/mol. The Balaban J connectivity index is 1.69. The Morgan fingerprint density at radius 3 is 2.69 bits per heavy atom. The summed E-state index contributed by atoms with van der Waals surface area (Å²) in [6.07, 6.45) is 3.16. The average molecular weight is 244 g/mol. The predicted octanol–water partition coefficient (Wildman–Crippen LogP) is 0.841. The molecule has 0 amide bonds. The van der Waals surface area contributed by atoms with Gasteiger partial charge in [0.05, 0.1) is 25.6 Å². The summed E-state index contributed by atoms with van der Waals surface area (Å²) in [6, 6.07) is 0. The monoisotopic (exact) mass is 243 g/mol. The van der Waals surface area contributed by atoms with Crippen LogP contribution < -0.4 is 4.74 Å². The van der Waals surface area contributed by atoms with Gasteiger partial charge in [-0.15, -0.1) is 0 Å². The molecule has 16 heavy (non-hydrogen) atoms. The fourth-order valence-electron chi connectivity index (χ4n) is 1.49. The van der Waals surface area contributed by atoms with E-state index in [1.54, 1.807) is 12.4 Å². The second-order valence-corrected chi connectivity index (χ2v) is 3.83. The lowest BCUT2D eigenvalue weighted by Gasteiger charge is -2.26. The summed E-state index contributed by atoms with van der Waals surface area (Å²) in [5, 5.41) is 0.237. The zero-order valence-electron chi connectivity index (χ0n) is 8.93. The van der Waals surface area contributed by atoms with Crippen molar-refractivity contribution in [1.82, 2.24) is 14.9 Å². The molecule has 1 aromatic heterocycles. The second kappa shape index (κ2) is 5.98. The van der Waals surface area contributed by atoms with E-state index in [1.807, 2.05) is 0 Å². The van der Waals surface area contributed by atoms with Gasteiger partial charge in [0.2, 0.25) is 5.28 Å². The van der Waals surface area contributed by atoms with Crippen molar-refractivity contribution in [2.24, 2.45) is 0 Å². The molecular formula is C10H14ClN3O2. The van der Waals surface area contributed by atoms with Crippen molar-refractivity contribution >= 4 is 11.6 Å². The lowest BCUT2D eigenvalue weighted by Crippen LogP contribution is -2.38. The number of ether oxygens (including phenoxy) is 2. The fourth-order valence-corrected chi connectivity index (χ4v) is 1.59. The van der Waals surface area contributed by atoms with E-state index in [1.165, 1.54) is 0 Å². The number of hydrogen-bond acceptors (Lipinski definition) is 5.